The molecule has 3 aromatic rings. The molecule has 0 bridgehead atoms. The number of amides is 1. The van der Waals surface area contributed by atoms with Crippen molar-refractivity contribution in [1.29, 1.82) is 0 Å². The Morgan fingerprint density at radius 3 is 2.74 bits per heavy atom. The monoisotopic (exact) mass is 475 g/mol. The molecule has 4 aliphatic rings. The molecule has 1 N–H and O–H groups in total. The Morgan fingerprint density at radius 1 is 1.09 bits per heavy atom. The molecule has 34 heavy (non-hydrogen) atoms. The van der Waals surface area contributed by atoms with Gasteiger partial charge in [0.2, 0.25) is 5.91 Å². The first-order chi connectivity index (χ1) is 16.4. The topological polar surface area (TPSA) is 72.2 Å². The van der Waals surface area contributed by atoms with Gasteiger partial charge in [0.15, 0.2) is 0 Å². The second kappa shape index (κ2) is 7.03. The highest BCUT2D eigenvalue weighted by Crippen LogP contribution is 2.63. The summed E-state index contributed by atoms with van der Waals surface area (Å²) in [6.45, 7) is 4.90. The summed E-state index contributed by atoms with van der Waals surface area (Å²) < 4.78 is 1.91. The summed E-state index contributed by atoms with van der Waals surface area (Å²) >= 11 is 6.22. The molecule has 6 atom stereocenters. The molecule has 176 valence electrons. The average molecular weight is 476 g/mol. The van der Waals surface area contributed by atoms with Crippen LogP contribution in [-0.4, -0.2) is 31.5 Å². The minimum atomic E-state index is 0.0481. The summed E-state index contributed by atoms with van der Waals surface area (Å²) in [7, 11) is 0. The smallest absolute Gasteiger partial charge is 0.252 e. The highest BCUT2D eigenvalue weighted by Gasteiger charge is 2.60. The molecule has 3 heterocycles. The molecule has 1 aromatic carbocycles. The molecule has 0 spiro atoms. The fourth-order valence-electron chi connectivity index (χ4n) is 8.36. The lowest BCUT2D eigenvalue weighted by molar-refractivity contribution is -0.134. The van der Waals surface area contributed by atoms with Gasteiger partial charge < -0.3 is 5.32 Å². The highest BCUT2D eigenvalue weighted by molar-refractivity contribution is 6.30. The molecule has 2 saturated carbocycles. The maximum atomic E-state index is 12.1. The Kier molecular flexibility index (Phi) is 4.32. The van der Waals surface area contributed by atoms with Crippen molar-refractivity contribution in [3.05, 3.63) is 46.9 Å². The van der Waals surface area contributed by atoms with Crippen LogP contribution in [0.25, 0.3) is 17.0 Å². The van der Waals surface area contributed by atoms with Gasteiger partial charge in [0.05, 0.1) is 11.4 Å². The summed E-state index contributed by atoms with van der Waals surface area (Å²) in [4.78, 5) is 21.8. The van der Waals surface area contributed by atoms with E-state index in [1.165, 1.54) is 24.1 Å². The first-order valence-electron chi connectivity index (χ1n) is 12.7. The largest absolute Gasteiger partial charge is 0.353 e. The van der Waals surface area contributed by atoms with Gasteiger partial charge in [-0.3, -0.25) is 4.79 Å². The van der Waals surface area contributed by atoms with E-state index in [0.29, 0.717) is 36.0 Å². The summed E-state index contributed by atoms with van der Waals surface area (Å²) in [6.07, 6.45) is 8.94. The lowest BCUT2D eigenvalue weighted by Crippen LogP contribution is -2.61. The fraction of sp³-hybridized carbons (Fsp3) is 0.556. The van der Waals surface area contributed by atoms with Gasteiger partial charge in [-0.25, -0.2) is 4.98 Å². The number of nitrogens with one attached hydrogen (secondary N) is 1. The zero-order valence-corrected chi connectivity index (χ0v) is 20.5. The summed E-state index contributed by atoms with van der Waals surface area (Å²) in [5.74, 6) is 2.78. The zero-order valence-electron chi connectivity index (χ0n) is 19.7. The van der Waals surface area contributed by atoms with Crippen LogP contribution < -0.4 is 5.32 Å². The number of benzene rings is 1. The Hall–Kier alpha value is -2.47. The van der Waals surface area contributed by atoms with Crippen LogP contribution >= 0.6 is 11.6 Å². The Morgan fingerprint density at radius 2 is 1.91 bits per heavy atom. The van der Waals surface area contributed by atoms with E-state index in [0.717, 1.165) is 42.0 Å². The minimum absolute atomic E-state index is 0.0481. The number of halogens is 1. The van der Waals surface area contributed by atoms with E-state index >= 15 is 0 Å². The van der Waals surface area contributed by atoms with Crippen molar-refractivity contribution in [2.75, 3.05) is 0 Å². The third kappa shape index (κ3) is 2.69. The van der Waals surface area contributed by atoms with Crippen molar-refractivity contribution < 1.29 is 4.79 Å². The second-order valence-electron chi connectivity index (χ2n) is 11.5. The predicted octanol–water partition coefficient (Wildman–Crippen LogP) is 4.98. The van der Waals surface area contributed by atoms with E-state index in [9.17, 15) is 4.79 Å². The molecule has 1 aliphatic heterocycles. The Labute approximate surface area is 204 Å². The normalized spacial score (nSPS) is 36.4. The van der Waals surface area contributed by atoms with Crippen LogP contribution in [-0.2, 0) is 16.6 Å². The number of piperidine rings is 1. The van der Waals surface area contributed by atoms with Gasteiger partial charge in [-0.05, 0) is 73.8 Å². The van der Waals surface area contributed by atoms with Crippen LogP contribution in [0.5, 0.6) is 0 Å². The van der Waals surface area contributed by atoms with E-state index in [4.69, 9.17) is 16.6 Å². The molecule has 3 fully saturated rings. The van der Waals surface area contributed by atoms with Crippen molar-refractivity contribution in [3.8, 4) is 11.3 Å². The molecule has 3 unspecified atom stereocenters. The van der Waals surface area contributed by atoms with E-state index in [-0.39, 0.29) is 16.7 Å². The van der Waals surface area contributed by atoms with Crippen LogP contribution in [0.2, 0.25) is 5.02 Å². The summed E-state index contributed by atoms with van der Waals surface area (Å²) in [6, 6.07) is 8.40. The van der Waals surface area contributed by atoms with Gasteiger partial charge in [0.1, 0.15) is 6.33 Å². The van der Waals surface area contributed by atoms with Crippen molar-refractivity contribution >= 4 is 23.3 Å². The molecule has 7 rings (SSSR count). The molecule has 3 aliphatic carbocycles. The van der Waals surface area contributed by atoms with Crippen molar-refractivity contribution in [2.24, 2.45) is 23.2 Å². The van der Waals surface area contributed by atoms with E-state index < -0.39 is 0 Å². The van der Waals surface area contributed by atoms with Gasteiger partial charge in [-0.1, -0.05) is 37.6 Å². The zero-order chi connectivity index (χ0) is 23.2. The third-order valence-corrected chi connectivity index (χ3v) is 10.3. The van der Waals surface area contributed by atoms with Gasteiger partial charge in [-0.2, -0.15) is 14.6 Å². The SMILES string of the molecule is C[C@]12CCC3C(CC[C@H]4NC(=O)CC[C@]34C)C1Cc1c2nc2ncnn2c1-c1ccc(Cl)cc1. The number of hydrogen-bond acceptors (Lipinski definition) is 4. The third-order valence-electron chi connectivity index (χ3n) is 10.1. The molecule has 2 aromatic heterocycles. The predicted molar refractivity (Wildman–Crippen MR) is 130 cm³/mol. The van der Waals surface area contributed by atoms with Gasteiger partial charge >= 0.3 is 0 Å². The average Bonchev–Trinajstić information content (AvgIpc) is 3.41. The number of carbonyl (C=O) groups excluding carboxylic acids is 1. The molecule has 7 heteroatoms. The number of fused-ring (bicyclic) bond motifs is 8. The van der Waals surface area contributed by atoms with Gasteiger partial charge in [0, 0.05) is 34.0 Å². The van der Waals surface area contributed by atoms with Crippen LogP contribution in [0, 0.1) is 23.2 Å². The fourth-order valence-corrected chi connectivity index (χ4v) is 8.49. The number of rotatable bonds is 1. The van der Waals surface area contributed by atoms with Crippen molar-refractivity contribution in [2.45, 2.75) is 70.3 Å². The maximum absolute atomic E-state index is 12.1. The van der Waals surface area contributed by atoms with Crippen LogP contribution in [0.1, 0.15) is 63.6 Å². The number of carbonyl (C=O) groups is 1. The standard InChI is InChI=1S/C27H30ClN5O/c1-26-12-10-22(34)31-21(26)8-7-17-19(26)9-11-27(2)20(17)13-18-23(15-3-5-16(28)6-4-15)33-25(29-14-30-33)32-24(18)27/h3-6,14,17,19-21H,7-13H2,1-2H3,(H,31,34)/t17?,19?,20?,21-,26-,27+/m1/s1. The first kappa shape index (κ1) is 20.9. The van der Waals surface area contributed by atoms with Crippen molar-refractivity contribution in [3.63, 3.8) is 0 Å². The Balaban J connectivity index is 1.34. The van der Waals surface area contributed by atoms with Crippen LogP contribution in [0.15, 0.2) is 30.6 Å². The summed E-state index contributed by atoms with van der Waals surface area (Å²) in [5.41, 5.74) is 5.04. The molecule has 1 saturated heterocycles. The first-order valence-corrected chi connectivity index (χ1v) is 13.0. The minimum Gasteiger partial charge on any atom is -0.353 e. The molecular formula is C27H30ClN5O. The van der Waals surface area contributed by atoms with Crippen molar-refractivity contribution in [1.82, 2.24) is 24.9 Å². The number of hydrogen-bond donors (Lipinski definition) is 1. The molecule has 0 radical (unpaired) electrons. The lowest BCUT2D eigenvalue weighted by atomic mass is 9.47. The van der Waals surface area contributed by atoms with Crippen LogP contribution in [0.4, 0.5) is 0 Å². The maximum Gasteiger partial charge on any atom is 0.252 e. The molecule has 1 amide bonds. The lowest BCUT2D eigenvalue weighted by Gasteiger charge is -2.59. The molecular weight excluding hydrogens is 446 g/mol. The van der Waals surface area contributed by atoms with E-state index in [1.54, 1.807) is 6.33 Å². The van der Waals surface area contributed by atoms with Gasteiger partial charge in [0.25, 0.3) is 5.78 Å². The van der Waals surface area contributed by atoms with Gasteiger partial charge in [-0.15, -0.1) is 0 Å². The van der Waals surface area contributed by atoms with Crippen LogP contribution in [0.3, 0.4) is 0 Å². The summed E-state index contributed by atoms with van der Waals surface area (Å²) in [5, 5.41) is 8.64. The highest BCUT2D eigenvalue weighted by atomic mass is 35.5. The second-order valence-corrected chi connectivity index (χ2v) is 11.9. The number of nitrogens with zero attached hydrogens (tertiary/aromatic N) is 4. The van der Waals surface area contributed by atoms with E-state index in [2.05, 4.69) is 41.4 Å². The quantitative estimate of drug-likeness (QED) is 0.538. The number of aromatic nitrogens is 4. The van der Waals surface area contributed by atoms with E-state index in [1.807, 2.05) is 16.6 Å². The Bertz CT molecular complexity index is 1320. The molecule has 6 nitrogen and oxygen atoms in total.